The highest BCUT2D eigenvalue weighted by Gasteiger charge is 2.21. The first-order valence-electron chi connectivity index (χ1n) is 12.0. The molecule has 0 aliphatic heterocycles. The van der Waals surface area contributed by atoms with Crippen LogP contribution in [-0.2, 0) is 11.2 Å². The third kappa shape index (κ3) is 7.39. The van der Waals surface area contributed by atoms with Gasteiger partial charge in [0.1, 0.15) is 31.2 Å². The topological polar surface area (TPSA) is 141 Å². The fraction of sp³-hybridized carbons (Fsp3) is 0.138. The molecule has 10 nitrogen and oxygen atoms in total. The van der Waals surface area contributed by atoms with Crippen molar-refractivity contribution in [2.45, 2.75) is 12.5 Å². The molecule has 2 N–H and O–H groups in total. The molecule has 1 aromatic heterocycles. The predicted molar refractivity (Wildman–Crippen MR) is 143 cm³/mol. The van der Waals surface area contributed by atoms with Gasteiger partial charge in [-0.05, 0) is 29.8 Å². The molecular formula is C29H25N3O7. The number of nitrogens with one attached hydrogen (secondary N) is 1. The average Bonchev–Trinajstić information content (AvgIpc) is 2.96. The van der Waals surface area contributed by atoms with Gasteiger partial charge in [-0.3, -0.25) is 14.9 Å². The van der Waals surface area contributed by atoms with Crippen molar-refractivity contribution in [1.29, 1.82) is 0 Å². The number of ether oxygens (including phenoxy) is 2. The molecule has 0 amide bonds. The van der Waals surface area contributed by atoms with Gasteiger partial charge in [0.05, 0.1) is 4.92 Å². The molecule has 0 fully saturated rings. The van der Waals surface area contributed by atoms with Crippen LogP contribution in [0.1, 0.15) is 21.5 Å². The third-order valence-corrected chi connectivity index (χ3v) is 5.73. The number of pyridine rings is 1. The number of hydrogen-bond acceptors (Lipinski definition) is 8. The first-order valence-corrected chi connectivity index (χ1v) is 12.0. The number of carboxylic acid groups (broad SMARTS) is 1. The summed E-state index contributed by atoms with van der Waals surface area (Å²) in [5.74, 6) is -0.427. The summed E-state index contributed by atoms with van der Waals surface area (Å²) in [7, 11) is 0. The van der Waals surface area contributed by atoms with Gasteiger partial charge in [0.15, 0.2) is 5.78 Å². The Hall–Kier alpha value is -5.25. The summed E-state index contributed by atoms with van der Waals surface area (Å²) in [5, 5.41) is 23.5. The molecule has 0 bridgehead atoms. The van der Waals surface area contributed by atoms with Crippen LogP contribution in [-0.4, -0.2) is 46.0 Å². The monoisotopic (exact) mass is 527 g/mol. The molecule has 1 unspecified atom stereocenters. The van der Waals surface area contributed by atoms with Crippen molar-refractivity contribution < 1.29 is 29.1 Å². The largest absolute Gasteiger partial charge is 0.490 e. The van der Waals surface area contributed by atoms with E-state index in [9.17, 15) is 24.8 Å². The molecule has 198 valence electrons. The number of carbonyl (C=O) groups excluding carboxylic acids is 1. The number of aromatic nitrogens is 1. The lowest BCUT2D eigenvalue weighted by Crippen LogP contribution is -2.32. The van der Waals surface area contributed by atoms with E-state index in [1.165, 1.54) is 12.1 Å². The molecule has 0 aliphatic carbocycles. The SMILES string of the molecule is O=C(c1ccccc1)c1ccccc1NC(Cc1ccc(OCCOc2ccc([N+](=O)[O-])cn2)cc1)C(=O)O. The average molecular weight is 528 g/mol. The van der Waals surface area contributed by atoms with Crippen molar-refractivity contribution in [3.63, 3.8) is 0 Å². The summed E-state index contributed by atoms with van der Waals surface area (Å²) in [5.41, 5.74) is 2.00. The van der Waals surface area contributed by atoms with Crippen molar-refractivity contribution in [2.75, 3.05) is 18.5 Å². The molecule has 1 heterocycles. The predicted octanol–water partition coefficient (Wildman–Crippen LogP) is 4.79. The van der Waals surface area contributed by atoms with Gasteiger partial charge in [-0.25, -0.2) is 9.78 Å². The highest BCUT2D eigenvalue weighted by Crippen LogP contribution is 2.22. The second-order valence-electron chi connectivity index (χ2n) is 8.43. The van der Waals surface area contributed by atoms with Crippen molar-refractivity contribution in [3.05, 3.63) is 124 Å². The fourth-order valence-corrected chi connectivity index (χ4v) is 3.77. The van der Waals surface area contributed by atoms with Crippen LogP contribution < -0.4 is 14.8 Å². The molecule has 3 aromatic carbocycles. The molecule has 4 rings (SSSR count). The summed E-state index contributed by atoms with van der Waals surface area (Å²) in [4.78, 5) is 39.1. The quantitative estimate of drug-likeness (QED) is 0.109. The van der Waals surface area contributed by atoms with Gasteiger partial charge in [-0.2, -0.15) is 0 Å². The number of nitrogens with zero attached hydrogens (tertiary/aromatic N) is 2. The summed E-state index contributed by atoms with van der Waals surface area (Å²) in [6.45, 7) is 0.391. The van der Waals surface area contributed by atoms with Gasteiger partial charge in [-0.1, -0.05) is 54.6 Å². The van der Waals surface area contributed by atoms with Gasteiger partial charge in [0.2, 0.25) is 5.88 Å². The molecule has 0 radical (unpaired) electrons. The Bertz CT molecular complexity index is 1430. The Morgan fingerprint density at radius 2 is 1.59 bits per heavy atom. The van der Waals surface area contributed by atoms with Gasteiger partial charge in [0.25, 0.3) is 5.69 Å². The van der Waals surface area contributed by atoms with Crippen LogP contribution in [0.2, 0.25) is 0 Å². The number of anilines is 1. The Morgan fingerprint density at radius 1 is 0.897 bits per heavy atom. The first-order chi connectivity index (χ1) is 18.9. The second-order valence-corrected chi connectivity index (χ2v) is 8.43. The van der Waals surface area contributed by atoms with Crippen LogP contribution in [0, 0.1) is 10.1 Å². The lowest BCUT2D eigenvalue weighted by molar-refractivity contribution is -0.385. The second kappa shape index (κ2) is 12.8. The summed E-state index contributed by atoms with van der Waals surface area (Å²) >= 11 is 0. The molecule has 4 aromatic rings. The van der Waals surface area contributed by atoms with Gasteiger partial charge in [0, 0.05) is 35.4 Å². The molecule has 0 saturated carbocycles. The molecule has 0 saturated heterocycles. The summed E-state index contributed by atoms with van der Waals surface area (Å²) < 4.78 is 11.1. The summed E-state index contributed by atoms with van der Waals surface area (Å²) in [6.07, 6.45) is 1.30. The van der Waals surface area contributed by atoms with Crippen molar-refractivity contribution in [2.24, 2.45) is 0 Å². The van der Waals surface area contributed by atoms with E-state index in [0.29, 0.717) is 22.6 Å². The van der Waals surface area contributed by atoms with Crippen molar-refractivity contribution in [3.8, 4) is 11.6 Å². The zero-order valence-electron chi connectivity index (χ0n) is 20.7. The minimum Gasteiger partial charge on any atom is -0.490 e. The lowest BCUT2D eigenvalue weighted by atomic mass is 10.00. The number of ketones is 1. The van der Waals surface area contributed by atoms with Crippen LogP contribution in [0.15, 0.2) is 97.2 Å². The molecule has 0 aliphatic rings. The lowest BCUT2D eigenvalue weighted by Gasteiger charge is -2.18. The van der Waals surface area contributed by atoms with Crippen LogP contribution in [0.25, 0.3) is 0 Å². The van der Waals surface area contributed by atoms with Crippen molar-refractivity contribution >= 4 is 23.1 Å². The Balaban J connectivity index is 1.32. The maximum absolute atomic E-state index is 13.0. The molecular weight excluding hydrogens is 502 g/mol. The van der Waals surface area contributed by atoms with E-state index in [2.05, 4.69) is 10.3 Å². The van der Waals surface area contributed by atoms with Gasteiger partial charge in [-0.15, -0.1) is 0 Å². The number of hydrogen-bond donors (Lipinski definition) is 2. The molecule has 1 atom stereocenters. The van der Waals surface area contributed by atoms with Crippen LogP contribution in [0.4, 0.5) is 11.4 Å². The smallest absolute Gasteiger partial charge is 0.326 e. The normalized spacial score (nSPS) is 11.3. The highest BCUT2D eigenvalue weighted by molar-refractivity contribution is 6.12. The van der Waals surface area contributed by atoms with E-state index in [-0.39, 0.29) is 37.0 Å². The number of carbonyl (C=O) groups is 2. The minimum atomic E-state index is -1.05. The zero-order valence-corrected chi connectivity index (χ0v) is 20.7. The molecule has 39 heavy (non-hydrogen) atoms. The first kappa shape index (κ1) is 26.8. The van der Waals surface area contributed by atoms with Crippen LogP contribution in [0.3, 0.4) is 0 Å². The molecule has 10 heteroatoms. The highest BCUT2D eigenvalue weighted by atomic mass is 16.6. The van der Waals surface area contributed by atoms with Crippen molar-refractivity contribution in [1.82, 2.24) is 4.98 Å². The Labute approximate surface area is 224 Å². The van der Waals surface area contributed by atoms with Gasteiger partial charge >= 0.3 is 5.97 Å². The Morgan fingerprint density at radius 3 is 2.26 bits per heavy atom. The number of rotatable bonds is 13. The Kier molecular flexibility index (Phi) is 8.81. The van der Waals surface area contributed by atoms with Crippen LogP contribution in [0.5, 0.6) is 11.6 Å². The number of para-hydroxylation sites is 1. The minimum absolute atomic E-state index is 0.121. The standard InChI is InChI=1S/C29H25N3O7/c33-28(21-6-2-1-3-7-21)24-8-4-5-9-25(24)31-26(29(34)35)18-20-10-13-23(14-11-20)38-16-17-39-27-15-12-22(19-30-27)32(36)37/h1-15,19,26,31H,16-18H2,(H,34,35). The number of nitro groups is 1. The van der Waals surface area contributed by atoms with E-state index in [1.54, 1.807) is 72.8 Å². The summed E-state index contributed by atoms with van der Waals surface area (Å²) in [6, 6.07) is 24.4. The van der Waals surface area contributed by atoms with E-state index in [1.807, 2.05) is 6.07 Å². The maximum atomic E-state index is 13.0. The maximum Gasteiger partial charge on any atom is 0.326 e. The zero-order chi connectivity index (χ0) is 27.6. The van der Waals surface area contributed by atoms with E-state index < -0.39 is 16.9 Å². The molecule has 0 spiro atoms. The van der Waals surface area contributed by atoms with Crippen LogP contribution >= 0.6 is 0 Å². The third-order valence-electron chi connectivity index (χ3n) is 5.73. The van der Waals surface area contributed by atoms with E-state index in [0.717, 1.165) is 11.8 Å². The fourth-order valence-electron chi connectivity index (χ4n) is 3.77. The number of aliphatic carboxylic acids is 1. The van der Waals surface area contributed by atoms with E-state index in [4.69, 9.17) is 9.47 Å². The van der Waals surface area contributed by atoms with Gasteiger partial charge < -0.3 is 19.9 Å². The number of benzene rings is 3. The number of carboxylic acids is 1. The van der Waals surface area contributed by atoms with E-state index >= 15 is 0 Å².